The molecule has 0 aliphatic carbocycles. The Kier molecular flexibility index (Phi) is 4.03. The smallest absolute Gasteiger partial charge is 0.101 e. The summed E-state index contributed by atoms with van der Waals surface area (Å²) in [5.74, 6) is 0. The molecule has 1 aromatic rings. The minimum Gasteiger partial charge on any atom is -0.385 e. The molecule has 14 heavy (non-hydrogen) atoms. The summed E-state index contributed by atoms with van der Waals surface area (Å²) in [6.07, 6.45) is 2.75. The normalized spacial score (nSPS) is 9.14. The van der Waals surface area contributed by atoms with Crippen LogP contribution in [0.25, 0.3) is 0 Å². The van der Waals surface area contributed by atoms with E-state index in [4.69, 9.17) is 16.9 Å². The predicted octanol–water partition coefficient (Wildman–Crippen LogP) is 3.20. The fourth-order valence-corrected chi connectivity index (χ4v) is 1.26. The van der Waals surface area contributed by atoms with Crippen molar-refractivity contribution in [3.8, 4) is 6.07 Å². The molecule has 72 valence electrons. The van der Waals surface area contributed by atoms with Crippen molar-refractivity contribution < 1.29 is 0 Å². The van der Waals surface area contributed by atoms with Gasteiger partial charge in [-0.2, -0.15) is 5.26 Å². The average Bonchev–Trinajstić information content (AvgIpc) is 2.18. The molecule has 2 nitrogen and oxygen atoms in total. The fraction of sp³-hybridized carbons (Fsp3) is 0.182. The van der Waals surface area contributed by atoms with Gasteiger partial charge in [-0.25, -0.2) is 0 Å². The van der Waals surface area contributed by atoms with Gasteiger partial charge in [0.05, 0.1) is 10.6 Å². The molecule has 0 saturated heterocycles. The van der Waals surface area contributed by atoms with Gasteiger partial charge in [0.25, 0.3) is 0 Å². The van der Waals surface area contributed by atoms with E-state index in [9.17, 15) is 0 Å². The van der Waals surface area contributed by atoms with Crippen LogP contribution in [0.15, 0.2) is 30.9 Å². The standard InChI is InChI=1S/C11H11ClN2/c1-2-3-6-14-10-5-4-9(8-13)11(12)7-10/h2,4-5,7,14H,1,3,6H2. The van der Waals surface area contributed by atoms with Gasteiger partial charge in [-0.05, 0) is 24.6 Å². The fourth-order valence-electron chi connectivity index (χ4n) is 1.03. The Bertz CT molecular complexity index is 366. The number of rotatable bonds is 4. The van der Waals surface area contributed by atoms with Crippen molar-refractivity contribution >= 4 is 17.3 Å². The maximum absolute atomic E-state index is 8.66. The minimum atomic E-state index is 0.483. The molecule has 0 atom stereocenters. The van der Waals surface area contributed by atoms with Crippen molar-refractivity contribution in [2.75, 3.05) is 11.9 Å². The second-order valence-corrected chi connectivity index (χ2v) is 3.22. The summed E-state index contributed by atoms with van der Waals surface area (Å²) < 4.78 is 0. The largest absolute Gasteiger partial charge is 0.385 e. The van der Waals surface area contributed by atoms with Crippen LogP contribution in [0.1, 0.15) is 12.0 Å². The molecule has 0 bridgehead atoms. The van der Waals surface area contributed by atoms with Crippen LogP contribution in [0.5, 0.6) is 0 Å². The van der Waals surface area contributed by atoms with Crippen LogP contribution in [-0.2, 0) is 0 Å². The molecule has 0 heterocycles. The summed E-state index contributed by atoms with van der Waals surface area (Å²) in [6, 6.07) is 7.31. The Balaban J connectivity index is 2.67. The van der Waals surface area contributed by atoms with Crippen LogP contribution in [0.4, 0.5) is 5.69 Å². The average molecular weight is 207 g/mol. The van der Waals surface area contributed by atoms with Crippen molar-refractivity contribution in [2.45, 2.75) is 6.42 Å². The third kappa shape index (κ3) is 2.79. The lowest BCUT2D eigenvalue weighted by Gasteiger charge is -2.05. The first-order chi connectivity index (χ1) is 6.77. The quantitative estimate of drug-likeness (QED) is 0.607. The van der Waals surface area contributed by atoms with Crippen LogP contribution >= 0.6 is 11.6 Å². The number of nitrogens with zero attached hydrogens (tertiary/aromatic N) is 1. The van der Waals surface area contributed by atoms with Crippen molar-refractivity contribution in [2.24, 2.45) is 0 Å². The third-order valence-corrected chi connectivity index (χ3v) is 2.08. The van der Waals surface area contributed by atoms with Gasteiger partial charge in [0.2, 0.25) is 0 Å². The minimum absolute atomic E-state index is 0.483. The topological polar surface area (TPSA) is 35.8 Å². The van der Waals surface area contributed by atoms with E-state index in [0.717, 1.165) is 18.7 Å². The number of halogens is 1. The Morgan fingerprint density at radius 3 is 2.93 bits per heavy atom. The second-order valence-electron chi connectivity index (χ2n) is 2.81. The van der Waals surface area contributed by atoms with Gasteiger partial charge in [0, 0.05) is 12.2 Å². The van der Waals surface area contributed by atoms with Crippen LogP contribution in [0.2, 0.25) is 5.02 Å². The number of hydrogen-bond donors (Lipinski definition) is 1. The maximum atomic E-state index is 8.66. The predicted molar refractivity (Wildman–Crippen MR) is 59.5 cm³/mol. The number of hydrogen-bond acceptors (Lipinski definition) is 2. The van der Waals surface area contributed by atoms with Crippen LogP contribution in [0.3, 0.4) is 0 Å². The number of nitriles is 1. The highest BCUT2D eigenvalue weighted by Crippen LogP contribution is 2.19. The van der Waals surface area contributed by atoms with Crippen molar-refractivity contribution in [1.29, 1.82) is 5.26 Å². The van der Waals surface area contributed by atoms with Gasteiger partial charge >= 0.3 is 0 Å². The number of nitrogens with one attached hydrogen (secondary N) is 1. The Morgan fingerprint density at radius 1 is 1.57 bits per heavy atom. The van der Waals surface area contributed by atoms with Gasteiger partial charge in [0.15, 0.2) is 0 Å². The van der Waals surface area contributed by atoms with E-state index in [1.54, 1.807) is 12.1 Å². The zero-order valence-corrected chi connectivity index (χ0v) is 8.51. The molecule has 0 saturated carbocycles. The van der Waals surface area contributed by atoms with E-state index in [1.165, 1.54) is 0 Å². The van der Waals surface area contributed by atoms with Crippen molar-refractivity contribution in [1.82, 2.24) is 0 Å². The van der Waals surface area contributed by atoms with E-state index in [-0.39, 0.29) is 0 Å². The lowest BCUT2D eigenvalue weighted by Crippen LogP contribution is -1.99. The summed E-state index contributed by atoms with van der Waals surface area (Å²) >= 11 is 5.86. The molecule has 0 aromatic heterocycles. The zero-order chi connectivity index (χ0) is 10.4. The molecular formula is C11H11ClN2. The van der Waals surface area contributed by atoms with Crippen LogP contribution in [-0.4, -0.2) is 6.54 Å². The molecule has 0 spiro atoms. The van der Waals surface area contributed by atoms with Gasteiger partial charge < -0.3 is 5.32 Å². The highest BCUT2D eigenvalue weighted by Gasteiger charge is 1.99. The van der Waals surface area contributed by atoms with Crippen molar-refractivity contribution in [3.63, 3.8) is 0 Å². The summed E-state index contributed by atoms with van der Waals surface area (Å²) in [5, 5.41) is 12.3. The Labute approximate surface area is 88.8 Å². The summed E-state index contributed by atoms with van der Waals surface area (Å²) in [5.41, 5.74) is 1.43. The zero-order valence-electron chi connectivity index (χ0n) is 7.76. The summed E-state index contributed by atoms with van der Waals surface area (Å²) in [7, 11) is 0. The van der Waals surface area contributed by atoms with E-state index >= 15 is 0 Å². The Morgan fingerprint density at radius 2 is 2.36 bits per heavy atom. The van der Waals surface area contributed by atoms with Gasteiger partial charge in [0.1, 0.15) is 6.07 Å². The van der Waals surface area contributed by atoms with Crippen LogP contribution in [0, 0.1) is 11.3 Å². The molecule has 0 unspecified atom stereocenters. The van der Waals surface area contributed by atoms with E-state index in [0.29, 0.717) is 10.6 Å². The molecule has 0 aliphatic rings. The maximum Gasteiger partial charge on any atom is 0.101 e. The van der Waals surface area contributed by atoms with Crippen LogP contribution < -0.4 is 5.32 Å². The molecule has 3 heteroatoms. The molecule has 0 aliphatic heterocycles. The molecule has 1 rings (SSSR count). The molecule has 1 N–H and O–H groups in total. The number of anilines is 1. The van der Waals surface area contributed by atoms with E-state index < -0.39 is 0 Å². The van der Waals surface area contributed by atoms with E-state index in [2.05, 4.69) is 11.9 Å². The molecular weight excluding hydrogens is 196 g/mol. The molecule has 1 aromatic carbocycles. The number of benzene rings is 1. The first kappa shape index (κ1) is 10.6. The first-order valence-corrected chi connectivity index (χ1v) is 4.70. The van der Waals surface area contributed by atoms with Gasteiger partial charge in [-0.15, -0.1) is 6.58 Å². The molecule has 0 amide bonds. The highest BCUT2D eigenvalue weighted by molar-refractivity contribution is 6.32. The van der Waals surface area contributed by atoms with Crippen molar-refractivity contribution in [3.05, 3.63) is 41.4 Å². The van der Waals surface area contributed by atoms with Gasteiger partial charge in [-0.1, -0.05) is 17.7 Å². The summed E-state index contributed by atoms with van der Waals surface area (Å²) in [4.78, 5) is 0. The second kappa shape index (κ2) is 5.31. The van der Waals surface area contributed by atoms with E-state index in [1.807, 2.05) is 18.2 Å². The third-order valence-electron chi connectivity index (χ3n) is 1.77. The monoisotopic (exact) mass is 206 g/mol. The molecule has 0 radical (unpaired) electrons. The SMILES string of the molecule is C=CCCNc1ccc(C#N)c(Cl)c1. The lowest BCUT2D eigenvalue weighted by molar-refractivity contribution is 1.07. The molecule has 0 fully saturated rings. The van der Waals surface area contributed by atoms with Gasteiger partial charge in [-0.3, -0.25) is 0 Å². The Hall–Kier alpha value is -1.46. The summed E-state index contributed by atoms with van der Waals surface area (Å²) in [6.45, 7) is 4.45. The lowest BCUT2D eigenvalue weighted by atomic mass is 10.2. The highest BCUT2D eigenvalue weighted by atomic mass is 35.5. The first-order valence-electron chi connectivity index (χ1n) is 4.32.